The predicted octanol–water partition coefficient (Wildman–Crippen LogP) is 1.31. The molecule has 2 saturated heterocycles. The van der Waals surface area contributed by atoms with Crippen molar-refractivity contribution in [1.29, 1.82) is 0 Å². The van der Waals surface area contributed by atoms with Gasteiger partial charge < -0.3 is 9.47 Å². The summed E-state index contributed by atoms with van der Waals surface area (Å²) in [5.41, 5.74) is 0.840. The average molecular weight is 261 g/mol. The van der Waals surface area contributed by atoms with Crippen LogP contribution in [0.3, 0.4) is 0 Å². The number of hydrogen-bond donors (Lipinski definition) is 0. The van der Waals surface area contributed by atoms with E-state index in [0.717, 1.165) is 19.6 Å². The Balaban J connectivity index is 1.73. The maximum absolute atomic E-state index is 12.1. The van der Waals surface area contributed by atoms with Crippen LogP contribution < -0.4 is 0 Å². The fourth-order valence-corrected chi connectivity index (χ4v) is 3.29. The van der Waals surface area contributed by atoms with Crippen molar-refractivity contribution >= 4 is 5.97 Å². The standard InChI is InChI=1S/C15H19NO3/c1-18-14(17)15-10-16(8-13(15)9-19-11-15)7-12-5-3-2-4-6-12/h2-6,13H,7-11H2,1H3/t13-,15-/m0/s1. The molecule has 2 fully saturated rings. The zero-order valence-electron chi connectivity index (χ0n) is 11.2. The van der Waals surface area contributed by atoms with Crippen LogP contribution in [0, 0.1) is 11.3 Å². The molecule has 2 aliphatic heterocycles. The van der Waals surface area contributed by atoms with Gasteiger partial charge in [-0.2, -0.15) is 0 Å². The quantitative estimate of drug-likeness (QED) is 0.769. The van der Waals surface area contributed by atoms with Crippen molar-refractivity contribution in [3.8, 4) is 0 Å². The van der Waals surface area contributed by atoms with Crippen molar-refractivity contribution < 1.29 is 14.3 Å². The highest BCUT2D eigenvalue weighted by molar-refractivity contribution is 5.78. The van der Waals surface area contributed by atoms with E-state index in [1.165, 1.54) is 12.7 Å². The van der Waals surface area contributed by atoms with E-state index >= 15 is 0 Å². The summed E-state index contributed by atoms with van der Waals surface area (Å²) in [4.78, 5) is 14.4. The van der Waals surface area contributed by atoms with Gasteiger partial charge in [-0.15, -0.1) is 0 Å². The first-order chi connectivity index (χ1) is 9.24. The van der Waals surface area contributed by atoms with Crippen molar-refractivity contribution in [2.75, 3.05) is 33.4 Å². The lowest BCUT2D eigenvalue weighted by Crippen LogP contribution is -2.40. The predicted molar refractivity (Wildman–Crippen MR) is 70.5 cm³/mol. The number of carbonyl (C=O) groups excluding carboxylic acids is 1. The summed E-state index contributed by atoms with van der Waals surface area (Å²) < 4.78 is 10.5. The number of methoxy groups -OCH3 is 1. The van der Waals surface area contributed by atoms with E-state index in [4.69, 9.17) is 9.47 Å². The van der Waals surface area contributed by atoms with E-state index in [9.17, 15) is 4.79 Å². The maximum atomic E-state index is 12.1. The van der Waals surface area contributed by atoms with Crippen LogP contribution in [0.5, 0.6) is 0 Å². The van der Waals surface area contributed by atoms with Crippen molar-refractivity contribution in [2.45, 2.75) is 6.54 Å². The second-order valence-corrected chi connectivity index (χ2v) is 5.51. The van der Waals surface area contributed by atoms with Gasteiger partial charge in [0.2, 0.25) is 0 Å². The molecule has 2 atom stereocenters. The van der Waals surface area contributed by atoms with E-state index in [0.29, 0.717) is 13.2 Å². The zero-order valence-corrected chi connectivity index (χ0v) is 11.2. The number of hydrogen-bond acceptors (Lipinski definition) is 4. The lowest BCUT2D eigenvalue weighted by atomic mass is 9.81. The molecule has 102 valence electrons. The maximum Gasteiger partial charge on any atom is 0.315 e. The number of ether oxygens (including phenoxy) is 2. The molecular formula is C15H19NO3. The van der Waals surface area contributed by atoms with Crippen LogP contribution in [0.2, 0.25) is 0 Å². The molecule has 3 rings (SSSR count). The topological polar surface area (TPSA) is 38.8 Å². The first-order valence-corrected chi connectivity index (χ1v) is 6.67. The first kappa shape index (κ1) is 12.6. The van der Waals surface area contributed by atoms with Gasteiger partial charge in [0.1, 0.15) is 5.41 Å². The number of fused-ring (bicyclic) bond motifs is 1. The molecule has 0 unspecified atom stereocenters. The summed E-state index contributed by atoms with van der Waals surface area (Å²) in [5.74, 6) is 0.147. The van der Waals surface area contributed by atoms with Crippen LogP contribution in [0.15, 0.2) is 30.3 Å². The highest BCUT2D eigenvalue weighted by Crippen LogP contribution is 2.42. The fourth-order valence-electron chi connectivity index (χ4n) is 3.29. The summed E-state index contributed by atoms with van der Waals surface area (Å²) in [6.45, 7) is 3.69. The molecule has 19 heavy (non-hydrogen) atoms. The normalized spacial score (nSPS) is 30.3. The number of nitrogens with zero attached hydrogens (tertiary/aromatic N) is 1. The molecule has 0 aliphatic carbocycles. The summed E-state index contributed by atoms with van der Waals surface area (Å²) in [6.07, 6.45) is 0. The van der Waals surface area contributed by atoms with Crippen molar-refractivity contribution in [3.63, 3.8) is 0 Å². The van der Waals surface area contributed by atoms with E-state index in [1.54, 1.807) is 0 Å². The minimum atomic E-state index is -0.441. The van der Waals surface area contributed by atoms with Crippen molar-refractivity contribution in [3.05, 3.63) is 35.9 Å². The largest absolute Gasteiger partial charge is 0.468 e. The van der Waals surface area contributed by atoms with Crippen LogP contribution in [-0.2, 0) is 20.8 Å². The minimum absolute atomic E-state index is 0.120. The fraction of sp³-hybridized carbons (Fsp3) is 0.533. The molecule has 0 bridgehead atoms. The van der Waals surface area contributed by atoms with Gasteiger partial charge in [0.05, 0.1) is 20.3 Å². The van der Waals surface area contributed by atoms with Crippen LogP contribution in [0.4, 0.5) is 0 Å². The summed E-state index contributed by atoms with van der Waals surface area (Å²) in [5, 5.41) is 0. The van der Waals surface area contributed by atoms with Crippen molar-refractivity contribution in [2.24, 2.45) is 11.3 Å². The minimum Gasteiger partial charge on any atom is -0.468 e. The number of esters is 1. The van der Waals surface area contributed by atoms with Crippen LogP contribution >= 0.6 is 0 Å². The molecule has 0 N–H and O–H groups in total. The lowest BCUT2D eigenvalue weighted by molar-refractivity contribution is -0.153. The zero-order chi connectivity index (χ0) is 13.3. The van der Waals surface area contributed by atoms with E-state index in [-0.39, 0.29) is 11.9 Å². The Bertz CT molecular complexity index is 462. The Kier molecular flexibility index (Phi) is 3.29. The summed E-state index contributed by atoms with van der Waals surface area (Å²) in [6, 6.07) is 10.4. The number of benzene rings is 1. The Morgan fingerprint density at radius 1 is 1.47 bits per heavy atom. The second kappa shape index (κ2) is 4.94. The molecule has 0 amide bonds. The number of rotatable bonds is 3. The van der Waals surface area contributed by atoms with Gasteiger partial charge in [-0.05, 0) is 5.56 Å². The molecule has 4 heteroatoms. The Morgan fingerprint density at radius 2 is 2.26 bits per heavy atom. The van der Waals surface area contributed by atoms with Gasteiger partial charge in [-0.1, -0.05) is 30.3 Å². The molecule has 1 aromatic rings. The lowest BCUT2D eigenvalue weighted by Gasteiger charge is -2.24. The highest BCUT2D eigenvalue weighted by atomic mass is 16.5. The molecule has 0 saturated carbocycles. The Morgan fingerprint density at radius 3 is 3.00 bits per heavy atom. The molecule has 0 radical (unpaired) electrons. The van der Waals surface area contributed by atoms with Gasteiger partial charge in [-0.3, -0.25) is 9.69 Å². The van der Waals surface area contributed by atoms with E-state index in [1.807, 2.05) is 18.2 Å². The van der Waals surface area contributed by atoms with Gasteiger partial charge in [0, 0.05) is 25.6 Å². The van der Waals surface area contributed by atoms with E-state index < -0.39 is 5.41 Å². The van der Waals surface area contributed by atoms with Crippen LogP contribution in [0.25, 0.3) is 0 Å². The van der Waals surface area contributed by atoms with E-state index in [2.05, 4.69) is 17.0 Å². The molecule has 1 aromatic carbocycles. The molecule has 0 aromatic heterocycles. The van der Waals surface area contributed by atoms with Gasteiger partial charge in [0.15, 0.2) is 0 Å². The molecule has 2 heterocycles. The summed E-state index contributed by atoms with van der Waals surface area (Å²) in [7, 11) is 1.46. The Hall–Kier alpha value is -1.39. The first-order valence-electron chi connectivity index (χ1n) is 6.67. The molecule has 4 nitrogen and oxygen atoms in total. The SMILES string of the molecule is COC(=O)[C@@]12COC[C@@H]1CN(Cc1ccccc1)C2. The highest BCUT2D eigenvalue weighted by Gasteiger charge is 2.56. The molecule has 0 spiro atoms. The van der Waals surface area contributed by atoms with Gasteiger partial charge >= 0.3 is 5.97 Å². The smallest absolute Gasteiger partial charge is 0.315 e. The van der Waals surface area contributed by atoms with Gasteiger partial charge in [-0.25, -0.2) is 0 Å². The third-order valence-corrected chi connectivity index (χ3v) is 4.29. The number of carbonyl (C=O) groups is 1. The van der Waals surface area contributed by atoms with Gasteiger partial charge in [0.25, 0.3) is 0 Å². The van der Waals surface area contributed by atoms with Crippen LogP contribution in [-0.4, -0.2) is 44.3 Å². The average Bonchev–Trinajstić information content (AvgIpc) is 2.96. The third-order valence-electron chi connectivity index (χ3n) is 4.29. The monoisotopic (exact) mass is 261 g/mol. The van der Waals surface area contributed by atoms with Crippen molar-refractivity contribution in [1.82, 2.24) is 4.90 Å². The summed E-state index contributed by atoms with van der Waals surface area (Å²) >= 11 is 0. The second-order valence-electron chi connectivity index (χ2n) is 5.51. The Labute approximate surface area is 113 Å². The molecule has 2 aliphatic rings. The number of likely N-dealkylation sites (tertiary alicyclic amines) is 1. The molecular weight excluding hydrogens is 242 g/mol. The van der Waals surface area contributed by atoms with Crippen LogP contribution in [0.1, 0.15) is 5.56 Å². The third kappa shape index (κ3) is 2.15.